The molecule has 1 aromatic carbocycles. The van der Waals surface area contributed by atoms with Gasteiger partial charge in [-0.15, -0.1) is 0 Å². The Hall–Kier alpha value is -1.48. The van der Waals surface area contributed by atoms with Crippen molar-refractivity contribution in [2.75, 3.05) is 26.8 Å². The van der Waals surface area contributed by atoms with E-state index in [0.29, 0.717) is 12.2 Å². The van der Waals surface area contributed by atoms with Crippen molar-refractivity contribution in [2.24, 2.45) is 5.41 Å². The average molecular weight is 327 g/mol. The number of ether oxygens (including phenoxy) is 2. The number of hydrogen-bond donors (Lipinski definition) is 1. The number of aliphatic carboxylic acids is 1. The van der Waals surface area contributed by atoms with Crippen LogP contribution in [0.25, 0.3) is 0 Å². The van der Waals surface area contributed by atoms with Crippen molar-refractivity contribution in [3.63, 3.8) is 0 Å². The van der Waals surface area contributed by atoms with Gasteiger partial charge in [0.1, 0.15) is 5.41 Å². The summed E-state index contributed by atoms with van der Waals surface area (Å²) in [4.78, 5) is 11.6. The van der Waals surface area contributed by atoms with Crippen molar-refractivity contribution in [3.05, 3.63) is 29.3 Å². The molecule has 0 aliphatic carbocycles. The molecular weight excluding hydrogens is 310 g/mol. The van der Waals surface area contributed by atoms with Crippen LogP contribution < -0.4 is 0 Å². The highest BCUT2D eigenvalue weighted by Crippen LogP contribution is 2.37. The van der Waals surface area contributed by atoms with Crippen molar-refractivity contribution in [1.29, 1.82) is 0 Å². The third kappa shape index (κ3) is 2.23. The molecule has 0 bridgehead atoms. The van der Waals surface area contributed by atoms with E-state index in [2.05, 4.69) is 0 Å². The lowest BCUT2D eigenvalue weighted by atomic mass is 9.83. The normalized spacial score (nSPS) is 20.4. The SMILES string of the molecule is COCC1(C(=O)O)CN(S(=O)(=O)c2cccc3c2COC3)C1. The maximum absolute atomic E-state index is 12.7. The monoisotopic (exact) mass is 327 g/mol. The molecule has 1 N–H and O–H groups in total. The lowest BCUT2D eigenvalue weighted by Gasteiger charge is -2.45. The van der Waals surface area contributed by atoms with E-state index in [1.54, 1.807) is 12.1 Å². The van der Waals surface area contributed by atoms with Crippen molar-refractivity contribution >= 4 is 16.0 Å². The number of methoxy groups -OCH3 is 1. The number of hydrogen-bond acceptors (Lipinski definition) is 5. The van der Waals surface area contributed by atoms with E-state index < -0.39 is 21.4 Å². The quantitative estimate of drug-likeness (QED) is 0.843. The van der Waals surface area contributed by atoms with Gasteiger partial charge in [0, 0.05) is 25.8 Å². The molecule has 2 aliphatic rings. The van der Waals surface area contributed by atoms with Crippen molar-refractivity contribution in [3.8, 4) is 0 Å². The number of carboxylic acid groups (broad SMARTS) is 1. The summed E-state index contributed by atoms with van der Waals surface area (Å²) in [6, 6.07) is 5.06. The van der Waals surface area contributed by atoms with Crippen LogP contribution in [-0.2, 0) is 37.5 Å². The largest absolute Gasteiger partial charge is 0.481 e. The van der Waals surface area contributed by atoms with Crippen LogP contribution in [-0.4, -0.2) is 50.6 Å². The molecule has 1 saturated heterocycles. The molecule has 0 unspecified atom stereocenters. The summed E-state index contributed by atoms with van der Waals surface area (Å²) < 4.78 is 36.9. The molecule has 0 radical (unpaired) electrons. The van der Waals surface area contributed by atoms with Gasteiger partial charge in [-0.3, -0.25) is 4.79 Å². The summed E-state index contributed by atoms with van der Waals surface area (Å²) in [7, 11) is -2.31. The summed E-state index contributed by atoms with van der Waals surface area (Å²) in [6.07, 6.45) is 0. The maximum atomic E-state index is 12.7. The second kappa shape index (κ2) is 5.31. The van der Waals surface area contributed by atoms with Gasteiger partial charge < -0.3 is 14.6 Å². The fourth-order valence-electron chi connectivity index (χ4n) is 2.92. The second-order valence-corrected chi connectivity index (χ2v) is 7.58. The van der Waals surface area contributed by atoms with Crippen LogP contribution in [0.5, 0.6) is 0 Å². The minimum atomic E-state index is -3.72. The van der Waals surface area contributed by atoms with Crippen molar-refractivity contribution < 1.29 is 27.8 Å². The van der Waals surface area contributed by atoms with E-state index in [9.17, 15) is 18.3 Å². The minimum Gasteiger partial charge on any atom is -0.481 e. The Kier molecular flexibility index (Phi) is 3.72. The average Bonchev–Trinajstić information content (AvgIpc) is 2.89. The predicted molar refractivity (Wildman–Crippen MR) is 75.6 cm³/mol. The number of sulfonamides is 1. The Morgan fingerprint density at radius 1 is 1.41 bits per heavy atom. The van der Waals surface area contributed by atoms with Crippen LogP contribution in [0.3, 0.4) is 0 Å². The van der Waals surface area contributed by atoms with E-state index in [4.69, 9.17) is 9.47 Å². The molecule has 0 atom stereocenters. The molecule has 7 nitrogen and oxygen atoms in total. The Labute approximate surface area is 128 Å². The lowest BCUT2D eigenvalue weighted by Crippen LogP contribution is -2.64. The van der Waals surface area contributed by atoms with Crippen LogP contribution >= 0.6 is 0 Å². The molecule has 0 saturated carbocycles. The summed E-state index contributed by atoms with van der Waals surface area (Å²) in [5.74, 6) is -1.04. The van der Waals surface area contributed by atoms with Crippen molar-refractivity contribution in [2.45, 2.75) is 18.1 Å². The van der Waals surface area contributed by atoms with E-state index in [-0.39, 0.29) is 31.2 Å². The number of fused-ring (bicyclic) bond motifs is 1. The second-order valence-electron chi connectivity index (χ2n) is 5.68. The van der Waals surface area contributed by atoms with Crippen LogP contribution in [0.15, 0.2) is 23.1 Å². The van der Waals surface area contributed by atoms with Gasteiger partial charge in [-0.05, 0) is 11.6 Å². The Bertz CT molecular complexity index is 708. The van der Waals surface area contributed by atoms with E-state index in [0.717, 1.165) is 5.56 Å². The van der Waals surface area contributed by atoms with Gasteiger partial charge >= 0.3 is 5.97 Å². The smallest absolute Gasteiger partial charge is 0.314 e. The topological polar surface area (TPSA) is 93.1 Å². The van der Waals surface area contributed by atoms with Crippen LogP contribution in [0.4, 0.5) is 0 Å². The van der Waals surface area contributed by atoms with E-state index in [1.807, 2.05) is 6.07 Å². The molecule has 2 aliphatic heterocycles. The maximum Gasteiger partial charge on any atom is 0.314 e. The van der Waals surface area contributed by atoms with Crippen LogP contribution in [0.2, 0.25) is 0 Å². The Balaban J connectivity index is 1.88. The fraction of sp³-hybridized carbons (Fsp3) is 0.500. The highest BCUT2D eigenvalue weighted by molar-refractivity contribution is 7.89. The first-order chi connectivity index (χ1) is 10.4. The molecule has 1 aromatic rings. The molecule has 3 rings (SSSR count). The van der Waals surface area contributed by atoms with Gasteiger partial charge in [0.05, 0.1) is 24.7 Å². The molecule has 120 valence electrons. The summed E-state index contributed by atoms with van der Waals surface area (Å²) >= 11 is 0. The highest BCUT2D eigenvalue weighted by Gasteiger charge is 2.54. The van der Waals surface area contributed by atoms with Gasteiger partial charge in [0.15, 0.2) is 0 Å². The first kappa shape index (κ1) is 15.4. The molecular formula is C14H17NO6S. The zero-order valence-electron chi connectivity index (χ0n) is 12.1. The summed E-state index contributed by atoms with van der Waals surface area (Å²) in [6.45, 7) is 0.499. The van der Waals surface area contributed by atoms with Gasteiger partial charge in [0.25, 0.3) is 0 Å². The fourth-order valence-corrected chi connectivity index (χ4v) is 4.78. The lowest BCUT2D eigenvalue weighted by molar-refractivity contribution is -0.161. The first-order valence-corrected chi connectivity index (χ1v) is 8.26. The number of carboxylic acids is 1. The van der Waals surface area contributed by atoms with E-state index in [1.165, 1.54) is 11.4 Å². The Morgan fingerprint density at radius 3 is 2.77 bits per heavy atom. The molecule has 0 spiro atoms. The van der Waals surface area contributed by atoms with E-state index >= 15 is 0 Å². The number of carbonyl (C=O) groups is 1. The zero-order chi connectivity index (χ0) is 16.0. The summed E-state index contributed by atoms with van der Waals surface area (Å²) in [5.41, 5.74) is 0.376. The number of rotatable bonds is 5. The first-order valence-electron chi connectivity index (χ1n) is 6.82. The van der Waals surface area contributed by atoms with Gasteiger partial charge in [-0.25, -0.2) is 8.42 Å². The van der Waals surface area contributed by atoms with Gasteiger partial charge in [0.2, 0.25) is 10.0 Å². The molecule has 22 heavy (non-hydrogen) atoms. The Morgan fingerprint density at radius 2 is 2.14 bits per heavy atom. The molecule has 1 fully saturated rings. The third-order valence-corrected chi connectivity index (χ3v) is 6.06. The van der Waals surface area contributed by atoms with Crippen LogP contribution in [0.1, 0.15) is 11.1 Å². The van der Waals surface area contributed by atoms with Crippen LogP contribution in [0, 0.1) is 5.41 Å². The zero-order valence-corrected chi connectivity index (χ0v) is 12.9. The minimum absolute atomic E-state index is 0.00956. The summed E-state index contributed by atoms with van der Waals surface area (Å²) in [5, 5.41) is 9.30. The number of benzene rings is 1. The molecule has 2 heterocycles. The predicted octanol–water partition coefficient (Wildman–Crippen LogP) is 0.439. The standard InChI is InChI=1S/C14H17NO6S/c1-20-9-14(13(16)17)7-15(8-14)22(18,19)12-4-2-3-10-5-21-6-11(10)12/h2-4H,5-9H2,1H3,(H,16,17). The third-order valence-electron chi connectivity index (χ3n) is 4.18. The molecule has 0 aromatic heterocycles. The molecule has 0 amide bonds. The van der Waals surface area contributed by atoms with Crippen molar-refractivity contribution in [1.82, 2.24) is 4.31 Å². The van der Waals surface area contributed by atoms with Gasteiger partial charge in [-0.1, -0.05) is 12.1 Å². The van der Waals surface area contributed by atoms with Gasteiger partial charge in [-0.2, -0.15) is 4.31 Å². The number of nitrogens with zero attached hydrogens (tertiary/aromatic N) is 1. The molecule has 8 heteroatoms. The highest BCUT2D eigenvalue weighted by atomic mass is 32.2.